The fourth-order valence-electron chi connectivity index (χ4n) is 9.04. The Labute approximate surface area is 282 Å². The Hall–Kier alpha value is -4.88. The van der Waals surface area contributed by atoms with E-state index in [1.165, 1.54) is 18.2 Å². The Morgan fingerprint density at radius 2 is 1.94 bits per heavy atom. The van der Waals surface area contributed by atoms with Crippen molar-refractivity contribution in [2.45, 2.75) is 83.7 Å². The molecule has 9 rings (SSSR count). The molecule has 4 aliphatic carbocycles. The van der Waals surface area contributed by atoms with Gasteiger partial charge in [-0.1, -0.05) is 20.8 Å². The molecule has 2 N–H and O–H groups in total. The number of hydrogen-bond acceptors (Lipinski definition) is 10. The first kappa shape index (κ1) is 31.4. The summed E-state index contributed by atoms with van der Waals surface area (Å²) in [4.78, 5) is 57.1. The highest BCUT2D eigenvalue weighted by molar-refractivity contribution is 5.95. The van der Waals surface area contributed by atoms with Crippen LogP contribution in [0.4, 0.5) is 0 Å². The third-order valence-corrected chi connectivity index (χ3v) is 11.9. The molecule has 4 saturated carbocycles. The molecule has 2 atom stereocenters. The number of amides is 2. The summed E-state index contributed by atoms with van der Waals surface area (Å²) in [7, 11) is 1.53. The van der Waals surface area contributed by atoms with E-state index < -0.39 is 5.41 Å². The van der Waals surface area contributed by atoms with E-state index in [9.17, 15) is 19.5 Å². The number of aromatic hydroxyl groups is 1. The van der Waals surface area contributed by atoms with Gasteiger partial charge in [-0.25, -0.2) is 15.0 Å². The van der Waals surface area contributed by atoms with Gasteiger partial charge in [0.2, 0.25) is 17.2 Å². The van der Waals surface area contributed by atoms with Crippen molar-refractivity contribution < 1.29 is 19.4 Å². The highest BCUT2D eigenvalue weighted by Crippen LogP contribution is 2.70. The van der Waals surface area contributed by atoms with Crippen LogP contribution in [0.3, 0.4) is 0 Å². The number of fused-ring (bicyclic) bond motifs is 2. The van der Waals surface area contributed by atoms with Gasteiger partial charge in [-0.05, 0) is 68.8 Å². The van der Waals surface area contributed by atoms with Crippen molar-refractivity contribution in [2.24, 2.45) is 17.3 Å². The molecule has 0 spiro atoms. The fourth-order valence-corrected chi connectivity index (χ4v) is 9.04. The molecule has 5 heterocycles. The highest BCUT2D eigenvalue weighted by atomic mass is 16.5. The zero-order valence-corrected chi connectivity index (χ0v) is 28.5. The summed E-state index contributed by atoms with van der Waals surface area (Å²) in [5.74, 6) is 0.325. The zero-order valence-electron chi connectivity index (χ0n) is 28.5. The number of likely N-dealkylation sites (tertiary alicyclic amines) is 1. The third-order valence-electron chi connectivity index (χ3n) is 11.9. The quantitative estimate of drug-likeness (QED) is 0.271. The lowest BCUT2D eigenvalue weighted by Crippen LogP contribution is -2.76. The minimum absolute atomic E-state index is 0.0133. The van der Waals surface area contributed by atoms with Gasteiger partial charge in [-0.15, -0.1) is 15.0 Å². The molecule has 0 unspecified atom stereocenters. The number of aryl methyl sites for hydroxylation is 1. The van der Waals surface area contributed by atoms with Crippen LogP contribution in [0.25, 0.3) is 16.9 Å². The van der Waals surface area contributed by atoms with Crippen molar-refractivity contribution in [1.29, 1.82) is 0 Å². The van der Waals surface area contributed by atoms with Gasteiger partial charge in [0, 0.05) is 47.6 Å². The first-order valence-electron chi connectivity index (χ1n) is 17.1. The number of carbonyl (C=O) groups is 2. The number of pyridine rings is 2. The van der Waals surface area contributed by atoms with Gasteiger partial charge in [0.25, 0.3) is 5.91 Å². The predicted molar refractivity (Wildman–Crippen MR) is 178 cm³/mol. The van der Waals surface area contributed by atoms with Crippen molar-refractivity contribution in [3.63, 3.8) is 0 Å². The van der Waals surface area contributed by atoms with Gasteiger partial charge in [0.05, 0.1) is 18.5 Å². The number of nitrogens with zero attached hydrogens (tertiary/aromatic N) is 8. The van der Waals surface area contributed by atoms with Gasteiger partial charge in [0.1, 0.15) is 12.9 Å². The topological polar surface area (TPSA) is 170 Å². The lowest BCUT2D eigenvalue weighted by molar-refractivity contribution is -0.187. The van der Waals surface area contributed by atoms with Gasteiger partial charge in [-0.3, -0.25) is 14.4 Å². The molecule has 4 aromatic rings. The predicted octanol–water partition coefficient (Wildman–Crippen LogP) is 2.85. The van der Waals surface area contributed by atoms with Crippen molar-refractivity contribution in [2.75, 3.05) is 20.2 Å². The average molecular weight is 668 g/mol. The van der Waals surface area contributed by atoms with Crippen LogP contribution in [0.1, 0.15) is 80.3 Å². The standard InChI is InChI=1S/C35H41N9O5/c1-6-23-26(35-8-10-42(13-21(35)12-35)32(48)28-29(46)20(4)37-18-38-28)30(47)27-31(41-44(40-27)22-7-9-36-25(11-22)49-5)43(23)14-24(45)39-34-15-33(16-34,17-34)19(2)3/h7,9,11,18-19,21,46H,6,8,10,12-17H2,1-5H3,(H,39,45)/t21-,33?,34?,35+/m0/s1. The monoisotopic (exact) mass is 667 g/mol. The van der Waals surface area contributed by atoms with E-state index in [-0.39, 0.29) is 52.2 Å². The normalized spacial score (nSPS) is 26.6. The maximum Gasteiger partial charge on any atom is 0.276 e. The van der Waals surface area contributed by atoms with Gasteiger partial charge >= 0.3 is 0 Å². The van der Waals surface area contributed by atoms with E-state index >= 15 is 0 Å². The molecule has 0 radical (unpaired) electrons. The molecule has 5 fully saturated rings. The summed E-state index contributed by atoms with van der Waals surface area (Å²) >= 11 is 0. The Balaban J connectivity index is 1.16. The summed E-state index contributed by atoms with van der Waals surface area (Å²) in [5.41, 5.74) is 2.42. The molecule has 0 aromatic carbocycles. The van der Waals surface area contributed by atoms with Crippen LogP contribution in [-0.4, -0.2) is 82.1 Å². The molecule has 5 aliphatic rings. The first-order valence-corrected chi connectivity index (χ1v) is 17.1. The van der Waals surface area contributed by atoms with Crippen molar-refractivity contribution in [3.05, 3.63) is 57.5 Å². The largest absolute Gasteiger partial charge is 0.504 e. The molecule has 1 saturated heterocycles. The molecule has 14 heteroatoms. The summed E-state index contributed by atoms with van der Waals surface area (Å²) < 4.78 is 7.19. The zero-order chi connectivity index (χ0) is 34.5. The molecular formula is C35H41N9O5. The van der Waals surface area contributed by atoms with E-state index in [0.29, 0.717) is 65.7 Å². The lowest BCUT2D eigenvalue weighted by Gasteiger charge is -2.72. The van der Waals surface area contributed by atoms with Gasteiger partial charge < -0.3 is 24.6 Å². The van der Waals surface area contributed by atoms with Gasteiger partial charge in [0.15, 0.2) is 22.6 Å². The molecule has 49 heavy (non-hydrogen) atoms. The van der Waals surface area contributed by atoms with Crippen LogP contribution < -0.4 is 15.5 Å². The number of nitrogens with one attached hydrogen (secondary N) is 1. The van der Waals surface area contributed by atoms with Crippen LogP contribution in [0.15, 0.2) is 29.5 Å². The first-order chi connectivity index (χ1) is 23.4. The van der Waals surface area contributed by atoms with E-state index in [2.05, 4.69) is 34.1 Å². The lowest BCUT2D eigenvalue weighted by atomic mass is 9.36. The number of hydrogen-bond donors (Lipinski definition) is 2. The van der Waals surface area contributed by atoms with Crippen molar-refractivity contribution in [1.82, 2.24) is 44.7 Å². The summed E-state index contributed by atoms with van der Waals surface area (Å²) in [6.07, 6.45) is 7.66. The molecular weight excluding hydrogens is 626 g/mol. The minimum Gasteiger partial charge on any atom is -0.504 e. The minimum atomic E-state index is -0.462. The molecule has 14 nitrogen and oxygen atoms in total. The second-order valence-corrected chi connectivity index (χ2v) is 14.9. The van der Waals surface area contributed by atoms with Crippen LogP contribution in [-0.2, 0) is 23.2 Å². The van der Waals surface area contributed by atoms with Crippen molar-refractivity contribution in [3.8, 4) is 17.3 Å². The fraction of sp³-hybridized carbons (Fsp3) is 0.543. The summed E-state index contributed by atoms with van der Waals surface area (Å²) in [5, 5.41) is 23.3. The van der Waals surface area contributed by atoms with Gasteiger partial charge in [-0.2, -0.15) is 0 Å². The number of piperidine rings is 1. The van der Waals surface area contributed by atoms with E-state index in [1.807, 2.05) is 11.5 Å². The molecule has 256 valence electrons. The van der Waals surface area contributed by atoms with Crippen LogP contribution in [0.2, 0.25) is 0 Å². The maximum absolute atomic E-state index is 14.6. The number of carbonyl (C=O) groups excluding carboxylic acids is 2. The smallest absolute Gasteiger partial charge is 0.276 e. The molecule has 2 amide bonds. The second kappa shape index (κ2) is 10.8. The van der Waals surface area contributed by atoms with Crippen LogP contribution in [0.5, 0.6) is 11.6 Å². The third kappa shape index (κ3) is 4.66. The Bertz CT molecular complexity index is 2080. The van der Waals surface area contributed by atoms with E-state index in [0.717, 1.165) is 31.4 Å². The van der Waals surface area contributed by atoms with Crippen LogP contribution in [0, 0.1) is 24.2 Å². The summed E-state index contributed by atoms with van der Waals surface area (Å²) in [6, 6.07) is 3.42. The Kier molecular flexibility index (Phi) is 6.93. The Morgan fingerprint density at radius 1 is 1.16 bits per heavy atom. The maximum atomic E-state index is 14.6. The summed E-state index contributed by atoms with van der Waals surface area (Å²) in [6.45, 7) is 8.96. The van der Waals surface area contributed by atoms with E-state index in [1.54, 1.807) is 30.2 Å². The van der Waals surface area contributed by atoms with Crippen molar-refractivity contribution >= 4 is 23.0 Å². The Morgan fingerprint density at radius 3 is 2.63 bits per heavy atom. The molecule has 2 bridgehead atoms. The number of rotatable bonds is 9. The molecule has 4 aromatic heterocycles. The number of ether oxygens (including phenoxy) is 1. The second-order valence-electron chi connectivity index (χ2n) is 14.9. The van der Waals surface area contributed by atoms with E-state index in [4.69, 9.17) is 14.9 Å². The average Bonchev–Trinajstić information content (AvgIpc) is 3.61. The number of aromatic nitrogens is 7. The number of methoxy groups -OCH3 is 1. The molecule has 1 aliphatic heterocycles. The highest BCUT2D eigenvalue weighted by Gasteiger charge is 2.69. The SMILES string of the molecule is CCc1c([C@@]23CCN(C(=O)c4ncnc(C)c4O)C[C@@H]2C3)c(=O)c2nn(-c3ccnc(OC)c3)nc2n1CC(=O)NC12CC(C(C)C)(C1)C2. The van der Waals surface area contributed by atoms with Crippen LogP contribution >= 0.6 is 0 Å².